The predicted octanol–water partition coefficient (Wildman–Crippen LogP) is -7.38. The Balaban J connectivity index is 1.37. The van der Waals surface area contributed by atoms with Crippen molar-refractivity contribution in [2.75, 3.05) is 58.1 Å². The molecule has 0 spiro atoms. The van der Waals surface area contributed by atoms with Gasteiger partial charge >= 0.3 is 0 Å². The molecule has 54 heavy (non-hydrogen) atoms. The molecule has 0 aromatic rings. The van der Waals surface area contributed by atoms with Crippen molar-refractivity contribution in [1.82, 2.24) is 16.0 Å². The molecule has 3 rings (SSSR count). The molecule has 0 radical (unpaired) electrons. The van der Waals surface area contributed by atoms with Crippen LogP contribution in [0.25, 0.3) is 0 Å². The summed E-state index contributed by atoms with van der Waals surface area (Å²) in [5, 5.41) is 79.8. The number of carbonyl (C=O) groups excluding carboxylic acids is 3. The Morgan fingerprint density at radius 1 is 0.630 bits per heavy atom. The molecule has 22 nitrogen and oxygen atoms in total. The first-order valence-electron chi connectivity index (χ1n) is 17.8. The Morgan fingerprint density at radius 2 is 1.11 bits per heavy atom. The van der Waals surface area contributed by atoms with Gasteiger partial charge in [0.25, 0.3) is 0 Å². The maximum atomic E-state index is 12.2. The van der Waals surface area contributed by atoms with Crippen molar-refractivity contribution in [3.05, 3.63) is 0 Å². The SMILES string of the molecule is CNC(=O)CCNC(=O)CSCCCC(=O)NCCCOC1OC(COC2OC(COC3OC(CO)C(O)C(O)C3N)C(O)C(O)C2N)C(O)C(O)C1N. The van der Waals surface area contributed by atoms with Gasteiger partial charge < -0.3 is 97.3 Å². The minimum absolute atomic E-state index is 0.0751. The van der Waals surface area contributed by atoms with Crippen LogP contribution >= 0.6 is 11.8 Å². The van der Waals surface area contributed by atoms with Crippen LogP contribution in [0.2, 0.25) is 0 Å². The number of carbonyl (C=O) groups is 3. The summed E-state index contributed by atoms with van der Waals surface area (Å²) < 4.78 is 33.9. The van der Waals surface area contributed by atoms with Gasteiger partial charge in [0.15, 0.2) is 18.9 Å². The standard InChI is InChI=1S/C31H58N6O16S/c1-35-17(39)5-7-37-19(41)13-54-9-2-4-18(40)36-6-3-8-48-29-20(32)27(46)24(43)15(52-29)11-50-31-22(34)28(47)25(44)16(53-31)12-49-30-21(33)26(45)23(42)14(10-38)51-30/h14-16,20-31,38,42-47H,2-13,32-34H2,1H3,(H,35,39)(H,36,40)(H,37,41). The first-order chi connectivity index (χ1) is 25.7. The van der Waals surface area contributed by atoms with Gasteiger partial charge in [-0.25, -0.2) is 0 Å². The van der Waals surface area contributed by atoms with E-state index < -0.39 is 112 Å². The number of thioether (sulfide) groups is 1. The van der Waals surface area contributed by atoms with Gasteiger partial charge in [-0.3, -0.25) is 14.4 Å². The van der Waals surface area contributed by atoms with Crippen LogP contribution < -0.4 is 33.2 Å². The Morgan fingerprint density at radius 3 is 1.63 bits per heavy atom. The fourth-order valence-electron chi connectivity index (χ4n) is 5.69. The number of aliphatic hydroxyl groups excluding tert-OH is 7. The fourth-order valence-corrected chi connectivity index (χ4v) is 6.47. The van der Waals surface area contributed by atoms with Crippen LogP contribution in [0, 0.1) is 0 Å². The lowest BCUT2D eigenvalue weighted by Gasteiger charge is -2.44. The van der Waals surface area contributed by atoms with E-state index in [1.807, 2.05) is 0 Å². The molecule has 16 N–H and O–H groups in total. The van der Waals surface area contributed by atoms with Crippen LogP contribution in [0.1, 0.15) is 25.7 Å². The van der Waals surface area contributed by atoms with Gasteiger partial charge in [-0.05, 0) is 18.6 Å². The highest BCUT2D eigenvalue weighted by Gasteiger charge is 2.48. The molecule has 3 saturated heterocycles. The van der Waals surface area contributed by atoms with Crippen molar-refractivity contribution in [3.63, 3.8) is 0 Å². The summed E-state index contributed by atoms with van der Waals surface area (Å²) in [7, 11) is 1.52. The van der Waals surface area contributed by atoms with Gasteiger partial charge in [0.05, 0.1) is 50.3 Å². The molecule has 0 aromatic carbocycles. The second-order valence-corrected chi connectivity index (χ2v) is 14.3. The molecular formula is C31H58N6O16S. The molecular weight excluding hydrogens is 744 g/mol. The van der Waals surface area contributed by atoms with E-state index in [0.29, 0.717) is 18.6 Å². The van der Waals surface area contributed by atoms with E-state index in [4.69, 9.17) is 45.6 Å². The summed E-state index contributed by atoms with van der Waals surface area (Å²) in [4.78, 5) is 35.1. The van der Waals surface area contributed by atoms with Gasteiger partial charge in [-0.1, -0.05) is 0 Å². The molecule has 314 valence electrons. The van der Waals surface area contributed by atoms with E-state index in [9.17, 15) is 50.1 Å². The summed E-state index contributed by atoms with van der Waals surface area (Å²) in [6, 6.07) is -3.62. The quantitative estimate of drug-likeness (QED) is 0.0479. The smallest absolute Gasteiger partial charge is 0.230 e. The normalized spacial score (nSPS) is 37.1. The first kappa shape index (κ1) is 46.5. The number of rotatable bonds is 21. The van der Waals surface area contributed by atoms with E-state index in [1.54, 1.807) is 0 Å². The molecule has 0 aliphatic carbocycles. The highest BCUT2D eigenvalue weighted by molar-refractivity contribution is 7.99. The van der Waals surface area contributed by atoms with Crippen molar-refractivity contribution in [1.29, 1.82) is 0 Å². The second kappa shape index (κ2) is 23.4. The molecule has 0 bridgehead atoms. The molecule has 3 heterocycles. The second-order valence-electron chi connectivity index (χ2n) is 13.2. The summed E-state index contributed by atoms with van der Waals surface area (Å²) >= 11 is 1.38. The summed E-state index contributed by atoms with van der Waals surface area (Å²) in [6.07, 6.45) is -15.1. The highest BCUT2D eigenvalue weighted by atomic mass is 32.2. The van der Waals surface area contributed by atoms with Crippen molar-refractivity contribution < 1.29 is 78.6 Å². The minimum Gasteiger partial charge on any atom is -0.394 e. The zero-order chi connectivity index (χ0) is 39.9. The molecule has 3 aliphatic rings. The monoisotopic (exact) mass is 802 g/mol. The van der Waals surface area contributed by atoms with E-state index in [0.717, 1.165) is 0 Å². The lowest BCUT2D eigenvalue weighted by Crippen LogP contribution is -2.65. The molecule has 3 fully saturated rings. The van der Waals surface area contributed by atoms with E-state index >= 15 is 0 Å². The predicted molar refractivity (Wildman–Crippen MR) is 187 cm³/mol. The van der Waals surface area contributed by atoms with Crippen molar-refractivity contribution >= 4 is 29.5 Å². The maximum absolute atomic E-state index is 12.2. The number of hydrogen-bond acceptors (Lipinski definition) is 20. The van der Waals surface area contributed by atoms with Gasteiger partial charge in [0.1, 0.15) is 54.9 Å². The van der Waals surface area contributed by atoms with E-state index in [1.165, 1.54) is 18.8 Å². The molecule has 3 amide bonds. The van der Waals surface area contributed by atoms with Crippen molar-refractivity contribution in [2.24, 2.45) is 17.2 Å². The van der Waals surface area contributed by atoms with Gasteiger partial charge in [-0.2, -0.15) is 11.8 Å². The third kappa shape index (κ3) is 13.7. The van der Waals surface area contributed by atoms with Crippen molar-refractivity contribution in [3.8, 4) is 0 Å². The molecule has 0 saturated carbocycles. The number of aliphatic hydroxyl groups is 7. The number of nitrogens with one attached hydrogen (secondary N) is 3. The minimum atomic E-state index is -1.56. The van der Waals surface area contributed by atoms with E-state index in [2.05, 4.69) is 16.0 Å². The lowest BCUT2D eigenvalue weighted by molar-refractivity contribution is -0.312. The summed E-state index contributed by atoms with van der Waals surface area (Å²) in [5.41, 5.74) is 18.0. The van der Waals surface area contributed by atoms with Gasteiger partial charge in [0, 0.05) is 33.0 Å². The Kier molecular flexibility index (Phi) is 20.1. The largest absolute Gasteiger partial charge is 0.394 e. The third-order valence-corrected chi connectivity index (χ3v) is 10.1. The molecule has 23 heteroatoms. The number of amides is 3. The summed E-state index contributed by atoms with van der Waals surface area (Å²) in [5.74, 6) is 0.300. The Hall–Kier alpha value is -1.88. The van der Waals surface area contributed by atoms with Crippen LogP contribution in [-0.4, -0.2) is 203 Å². The third-order valence-electron chi connectivity index (χ3n) is 9.08. The molecule has 0 aromatic heterocycles. The van der Waals surface area contributed by atoms with Gasteiger partial charge in [-0.15, -0.1) is 0 Å². The van der Waals surface area contributed by atoms with Crippen LogP contribution in [0.3, 0.4) is 0 Å². The molecule has 15 atom stereocenters. The Bertz CT molecular complexity index is 1150. The molecule has 3 aliphatic heterocycles. The number of nitrogens with two attached hydrogens (primary N) is 3. The van der Waals surface area contributed by atoms with Crippen LogP contribution in [0.15, 0.2) is 0 Å². The summed E-state index contributed by atoms with van der Waals surface area (Å²) in [6.45, 7) is -0.890. The Labute approximate surface area is 316 Å². The van der Waals surface area contributed by atoms with Crippen LogP contribution in [0.4, 0.5) is 0 Å². The van der Waals surface area contributed by atoms with Crippen LogP contribution in [0.5, 0.6) is 0 Å². The average Bonchev–Trinajstić information content (AvgIpc) is 3.15. The number of hydrogen-bond donors (Lipinski definition) is 13. The first-order valence-corrected chi connectivity index (χ1v) is 18.9. The highest BCUT2D eigenvalue weighted by Crippen LogP contribution is 2.27. The zero-order valence-electron chi connectivity index (χ0n) is 30.1. The van der Waals surface area contributed by atoms with Crippen LogP contribution in [-0.2, 0) is 42.8 Å². The average molecular weight is 803 g/mol. The molecule has 15 unspecified atom stereocenters. The van der Waals surface area contributed by atoms with Gasteiger partial charge in [0.2, 0.25) is 17.7 Å². The zero-order valence-corrected chi connectivity index (χ0v) is 30.9. The maximum Gasteiger partial charge on any atom is 0.230 e. The topological polar surface area (TPSA) is 362 Å². The van der Waals surface area contributed by atoms with E-state index in [-0.39, 0.29) is 56.0 Å². The number of ether oxygens (including phenoxy) is 6. The lowest BCUT2D eigenvalue weighted by atomic mass is 9.96. The van der Waals surface area contributed by atoms with Crippen molar-refractivity contribution in [2.45, 2.75) is 118 Å². The fraction of sp³-hybridized carbons (Fsp3) is 0.903.